The molecule has 0 aromatic heterocycles. The Labute approximate surface area is 126 Å². The Kier molecular flexibility index (Phi) is 5.55. The van der Waals surface area contributed by atoms with Crippen molar-refractivity contribution >= 4 is 17.8 Å². The third-order valence-electron chi connectivity index (χ3n) is 3.24. The maximum absolute atomic E-state index is 13.5. The SMILES string of the molecule is [C-]#[N+]CCCC=CP(=O)(c1ccccc1)c1ccccc1. The molecule has 0 aliphatic carbocycles. The zero-order valence-electron chi connectivity index (χ0n) is 11.9. The summed E-state index contributed by atoms with van der Waals surface area (Å²) in [6.07, 6.45) is 3.54. The van der Waals surface area contributed by atoms with Crippen LogP contribution in [0.1, 0.15) is 12.8 Å². The molecule has 0 amide bonds. The normalized spacial score (nSPS) is 11.4. The van der Waals surface area contributed by atoms with Crippen LogP contribution in [0, 0.1) is 6.57 Å². The van der Waals surface area contributed by atoms with Gasteiger partial charge in [0, 0.05) is 17.0 Å². The van der Waals surface area contributed by atoms with Gasteiger partial charge in [0.25, 0.3) is 0 Å². The molecular weight excluding hydrogens is 277 g/mol. The molecule has 2 aromatic rings. The average molecular weight is 295 g/mol. The number of nitrogens with zero attached hydrogens (tertiary/aromatic N) is 1. The molecule has 0 aliphatic heterocycles. The third kappa shape index (κ3) is 3.94. The highest BCUT2D eigenvalue weighted by Crippen LogP contribution is 2.44. The highest BCUT2D eigenvalue weighted by atomic mass is 31.2. The molecule has 0 saturated heterocycles. The van der Waals surface area contributed by atoms with Gasteiger partial charge < -0.3 is 9.41 Å². The van der Waals surface area contributed by atoms with Gasteiger partial charge >= 0.3 is 0 Å². The summed E-state index contributed by atoms with van der Waals surface area (Å²) >= 11 is 0. The molecule has 0 spiro atoms. The van der Waals surface area contributed by atoms with E-state index in [0.29, 0.717) is 6.54 Å². The first-order valence-electron chi connectivity index (χ1n) is 6.99. The van der Waals surface area contributed by atoms with Crippen molar-refractivity contribution in [1.29, 1.82) is 0 Å². The molecular formula is C18H18NOP. The fourth-order valence-electron chi connectivity index (χ4n) is 2.13. The summed E-state index contributed by atoms with van der Waals surface area (Å²) < 4.78 is 13.5. The number of unbranched alkanes of at least 4 members (excludes halogenated alkanes) is 1. The van der Waals surface area contributed by atoms with E-state index in [4.69, 9.17) is 6.57 Å². The molecule has 106 valence electrons. The summed E-state index contributed by atoms with van der Waals surface area (Å²) in [5, 5.41) is 1.69. The Bertz CT molecular complexity index is 628. The zero-order chi connectivity index (χ0) is 15.0. The second kappa shape index (κ2) is 7.62. The van der Waals surface area contributed by atoms with E-state index in [-0.39, 0.29) is 0 Å². The molecule has 3 heteroatoms. The van der Waals surface area contributed by atoms with Gasteiger partial charge in [0.15, 0.2) is 7.14 Å². The molecule has 0 bridgehead atoms. The first-order valence-corrected chi connectivity index (χ1v) is 8.77. The zero-order valence-corrected chi connectivity index (χ0v) is 12.7. The van der Waals surface area contributed by atoms with Crippen molar-refractivity contribution in [3.05, 3.63) is 84.0 Å². The van der Waals surface area contributed by atoms with Crippen LogP contribution < -0.4 is 10.6 Å². The smallest absolute Gasteiger partial charge is 0.215 e. The van der Waals surface area contributed by atoms with E-state index >= 15 is 0 Å². The number of hydrogen-bond acceptors (Lipinski definition) is 1. The van der Waals surface area contributed by atoms with Gasteiger partial charge in [-0.2, -0.15) is 0 Å². The lowest BCUT2D eigenvalue weighted by atomic mass is 10.3. The van der Waals surface area contributed by atoms with Gasteiger partial charge in [-0.15, -0.1) is 0 Å². The van der Waals surface area contributed by atoms with Crippen molar-refractivity contribution in [2.45, 2.75) is 12.8 Å². The van der Waals surface area contributed by atoms with E-state index in [1.165, 1.54) is 0 Å². The highest BCUT2D eigenvalue weighted by molar-refractivity contribution is 7.81. The molecule has 21 heavy (non-hydrogen) atoms. The van der Waals surface area contributed by atoms with E-state index in [1.54, 1.807) is 0 Å². The number of allylic oxidation sites excluding steroid dienone is 1. The van der Waals surface area contributed by atoms with Crippen LogP contribution >= 0.6 is 7.14 Å². The molecule has 0 saturated carbocycles. The number of hydrogen-bond donors (Lipinski definition) is 0. The summed E-state index contributed by atoms with van der Waals surface area (Å²) in [4.78, 5) is 3.33. The lowest BCUT2D eigenvalue weighted by Gasteiger charge is -2.15. The molecule has 0 aliphatic rings. The Morgan fingerprint density at radius 3 is 1.95 bits per heavy atom. The van der Waals surface area contributed by atoms with Crippen LogP contribution in [0.2, 0.25) is 0 Å². The summed E-state index contributed by atoms with van der Waals surface area (Å²) in [7, 11) is -2.73. The Hall–Kier alpha value is -2.10. The summed E-state index contributed by atoms with van der Waals surface area (Å²) in [5.41, 5.74) is 0. The van der Waals surface area contributed by atoms with Crippen LogP contribution in [0.15, 0.2) is 72.6 Å². The van der Waals surface area contributed by atoms with Gasteiger partial charge in [0.05, 0.1) is 0 Å². The van der Waals surface area contributed by atoms with Gasteiger partial charge in [0.1, 0.15) is 0 Å². The molecule has 0 radical (unpaired) electrons. The molecule has 2 aromatic carbocycles. The van der Waals surface area contributed by atoms with Crippen LogP contribution in [0.4, 0.5) is 0 Å². The standard InChI is InChI=1S/C18H18NOP/c1-19-15-9-4-10-16-21(20,17-11-5-2-6-12-17)18-13-7-3-8-14-18/h2-3,5-8,10-14,16H,4,9,15H2. The molecule has 0 atom stereocenters. The van der Waals surface area contributed by atoms with Crippen molar-refractivity contribution in [1.82, 2.24) is 0 Å². The van der Waals surface area contributed by atoms with Gasteiger partial charge in [0.2, 0.25) is 6.54 Å². The van der Waals surface area contributed by atoms with Crippen LogP contribution in [-0.4, -0.2) is 6.54 Å². The topological polar surface area (TPSA) is 21.4 Å². The second-order valence-electron chi connectivity index (χ2n) is 4.74. The second-order valence-corrected chi connectivity index (χ2v) is 7.38. The molecule has 0 fully saturated rings. The molecule has 0 unspecified atom stereocenters. The van der Waals surface area contributed by atoms with E-state index in [0.717, 1.165) is 23.5 Å². The third-order valence-corrected chi connectivity index (χ3v) is 6.00. The lowest BCUT2D eigenvalue weighted by molar-refractivity contribution is 0.592. The lowest BCUT2D eigenvalue weighted by Crippen LogP contribution is -2.13. The minimum Gasteiger partial charge on any atom is -0.317 e. The highest BCUT2D eigenvalue weighted by Gasteiger charge is 2.23. The maximum atomic E-state index is 13.5. The minimum absolute atomic E-state index is 0.519. The molecule has 2 rings (SSSR count). The van der Waals surface area contributed by atoms with Crippen LogP contribution in [0.25, 0.3) is 4.85 Å². The average Bonchev–Trinajstić information content (AvgIpc) is 2.56. The van der Waals surface area contributed by atoms with Crippen molar-refractivity contribution in [3.8, 4) is 0 Å². The van der Waals surface area contributed by atoms with Crippen molar-refractivity contribution in [2.24, 2.45) is 0 Å². The van der Waals surface area contributed by atoms with Crippen LogP contribution in [0.3, 0.4) is 0 Å². The van der Waals surface area contributed by atoms with Gasteiger partial charge in [-0.3, -0.25) is 0 Å². The van der Waals surface area contributed by atoms with E-state index in [9.17, 15) is 4.57 Å². The Morgan fingerprint density at radius 2 is 1.48 bits per heavy atom. The predicted octanol–water partition coefficient (Wildman–Crippen LogP) is 4.21. The van der Waals surface area contributed by atoms with Crippen molar-refractivity contribution in [3.63, 3.8) is 0 Å². The fourth-order valence-corrected chi connectivity index (χ4v) is 4.45. The van der Waals surface area contributed by atoms with Crippen molar-refractivity contribution in [2.75, 3.05) is 6.54 Å². The van der Waals surface area contributed by atoms with Crippen LogP contribution in [-0.2, 0) is 4.57 Å². The summed E-state index contributed by atoms with van der Waals surface area (Å²) in [5.74, 6) is 1.83. The first kappa shape index (κ1) is 15.3. The Balaban J connectivity index is 2.32. The molecule has 2 nitrogen and oxygen atoms in total. The largest absolute Gasteiger partial charge is 0.317 e. The van der Waals surface area contributed by atoms with Gasteiger partial charge in [-0.1, -0.05) is 66.7 Å². The van der Waals surface area contributed by atoms with E-state index < -0.39 is 7.14 Å². The summed E-state index contributed by atoms with van der Waals surface area (Å²) in [6.45, 7) is 7.30. The van der Waals surface area contributed by atoms with Gasteiger partial charge in [-0.05, 0) is 12.2 Å². The first-order chi connectivity index (χ1) is 10.3. The van der Waals surface area contributed by atoms with Crippen molar-refractivity contribution < 1.29 is 4.57 Å². The monoisotopic (exact) mass is 295 g/mol. The predicted molar refractivity (Wildman–Crippen MR) is 89.6 cm³/mol. The Morgan fingerprint density at radius 1 is 0.952 bits per heavy atom. The molecule has 0 heterocycles. The number of rotatable bonds is 6. The van der Waals surface area contributed by atoms with E-state index in [2.05, 4.69) is 4.85 Å². The van der Waals surface area contributed by atoms with Gasteiger partial charge in [-0.25, -0.2) is 6.57 Å². The quantitative estimate of drug-likeness (QED) is 0.444. The minimum atomic E-state index is -2.73. The van der Waals surface area contributed by atoms with E-state index in [1.807, 2.05) is 72.6 Å². The number of benzene rings is 2. The fraction of sp³-hybridized carbons (Fsp3) is 0.167. The maximum Gasteiger partial charge on any atom is 0.215 e. The molecule has 0 N–H and O–H groups in total. The summed E-state index contributed by atoms with van der Waals surface area (Å²) in [6, 6.07) is 19.2. The van der Waals surface area contributed by atoms with Crippen LogP contribution in [0.5, 0.6) is 0 Å².